The Morgan fingerprint density at radius 2 is 2.57 bits per heavy atom. The molecule has 0 saturated carbocycles. The number of H-pyrrole nitrogens is 1. The fourth-order valence-electron chi connectivity index (χ4n) is 1.66. The molecule has 0 radical (unpaired) electrons. The first kappa shape index (κ1) is 9.77. The Bertz CT molecular complexity index is 369. The molecule has 1 N–H and O–H groups in total. The predicted octanol–water partition coefficient (Wildman–Crippen LogP) is 1.90. The largest absolute Gasteiger partial charge is 0.310 e. The Labute approximate surface area is 87.3 Å². The SMILES string of the molecule is CCc1cc(=O)[nH]c(C2CCCS2)n1. The van der Waals surface area contributed by atoms with Gasteiger partial charge in [-0.3, -0.25) is 4.79 Å². The van der Waals surface area contributed by atoms with Crippen molar-refractivity contribution >= 4 is 11.8 Å². The number of thioether (sulfide) groups is 1. The van der Waals surface area contributed by atoms with Crippen LogP contribution in [0.2, 0.25) is 0 Å². The van der Waals surface area contributed by atoms with Crippen LogP contribution < -0.4 is 5.56 Å². The molecule has 1 unspecified atom stereocenters. The fourth-order valence-corrected chi connectivity index (χ4v) is 2.88. The van der Waals surface area contributed by atoms with Gasteiger partial charge in [0.1, 0.15) is 5.82 Å². The Balaban J connectivity index is 2.32. The first-order valence-corrected chi connectivity index (χ1v) is 6.06. The molecule has 14 heavy (non-hydrogen) atoms. The van der Waals surface area contributed by atoms with Crippen LogP contribution in [0, 0.1) is 0 Å². The van der Waals surface area contributed by atoms with E-state index in [1.54, 1.807) is 6.07 Å². The highest BCUT2D eigenvalue weighted by Crippen LogP contribution is 2.37. The molecule has 1 aromatic heterocycles. The Kier molecular flexibility index (Phi) is 2.91. The summed E-state index contributed by atoms with van der Waals surface area (Å²) in [5.41, 5.74) is 0.885. The maximum absolute atomic E-state index is 11.3. The zero-order valence-corrected chi connectivity index (χ0v) is 9.06. The van der Waals surface area contributed by atoms with Gasteiger partial charge in [0.05, 0.1) is 5.25 Å². The van der Waals surface area contributed by atoms with Gasteiger partial charge in [-0.1, -0.05) is 6.92 Å². The van der Waals surface area contributed by atoms with E-state index in [0.717, 1.165) is 24.4 Å². The molecular formula is C10H14N2OS. The summed E-state index contributed by atoms with van der Waals surface area (Å²) in [7, 11) is 0. The first-order chi connectivity index (χ1) is 6.79. The van der Waals surface area contributed by atoms with Gasteiger partial charge in [0.2, 0.25) is 0 Å². The van der Waals surface area contributed by atoms with Gasteiger partial charge >= 0.3 is 0 Å². The molecule has 1 atom stereocenters. The normalized spacial score (nSPS) is 21.4. The van der Waals surface area contributed by atoms with E-state index in [-0.39, 0.29) is 5.56 Å². The summed E-state index contributed by atoms with van der Waals surface area (Å²) in [6.45, 7) is 2.02. The van der Waals surface area contributed by atoms with E-state index in [1.165, 1.54) is 12.2 Å². The molecule has 2 heterocycles. The number of nitrogens with zero attached hydrogens (tertiary/aromatic N) is 1. The number of aryl methyl sites for hydroxylation is 1. The summed E-state index contributed by atoms with van der Waals surface area (Å²) < 4.78 is 0. The third kappa shape index (κ3) is 2.00. The molecule has 4 heteroatoms. The second-order valence-electron chi connectivity index (χ2n) is 3.48. The van der Waals surface area contributed by atoms with Gasteiger partial charge in [-0.25, -0.2) is 4.98 Å². The quantitative estimate of drug-likeness (QED) is 0.811. The van der Waals surface area contributed by atoms with Gasteiger partial charge in [-0.15, -0.1) is 0 Å². The van der Waals surface area contributed by atoms with Crippen molar-refractivity contribution in [3.8, 4) is 0 Å². The number of hydrogen-bond donors (Lipinski definition) is 1. The van der Waals surface area contributed by atoms with Crippen LogP contribution in [0.15, 0.2) is 10.9 Å². The zero-order valence-electron chi connectivity index (χ0n) is 8.25. The van der Waals surface area contributed by atoms with Crippen LogP contribution in [0.3, 0.4) is 0 Å². The molecule has 3 nitrogen and oxygen atoms in total. The second kappa shape index (κ2) is 4.17. The Morgan fingerprint density at radius 1 is 1.71 bits per heavy atom. The average molecular weight is 210 g/mol. The molecule has 76 valence electrons. The molecule has 0 bridgehead atoms. The predicted molar refractivity (Wildman–Crippen MR) is 58.7 cm³/mol. The minimum absolute atomic E-state index is 0.0145. The lowest BCUT2D eigenvalue weighted by molar-refractivity contribution is 0.759. The minimum Gasteiger partial charge on any atom is -0.310 e. The summed E-state index contributed by atoms with van der Waals surface area (Å²) in [6.07, 6.45) is 3.20. The van der Waals surface area contributed by atoms with Crippen molar-refractivity contribution in [3.63, 3.8) is 0 Å². The van der Waals surface area contributed by atoms with Crippen LogP contribution in [0.1, 0.15) is 36.5 Å². The summed E-state index contributed by atoms with van der Waals surface area (Å²) >= 11 is 1.89. The lowest BCUT2D eigenvalue weighted by Gasteiger charge is -2.08. The van der Waals surface area contributed by atoms with Crippen molar-refractivity contribution in [2.75, 3.05) is 5.75 Å². The third-order valence-electron chi connectivity index (χ3n) is 2.41. The van der Waals surface area contributed by atoms with Crippen LogP contribution in [0.25, 0.3) is 0 Å². The molecule has 2 rings (SSSR count). The van der Waals surface area contributed by atoms with Gasteiger partial charge < -0.3 is 4.98 Å². The number of aromatic nitrogens is 2. The molecular weight excluding hydrogens is 196 g/mol. The number of aromatic amines is 1. The molecule has 0 aromatic carbocycles. The van der Waals surface area contributed by atoms with Crippen LogP contribution in [0.5, 0.6) is 0 Å². The van der Waals surface area contributed by atoms with Crippen LogP contribution >= 0.6 is 11.8 Å². The minimum atomic E-state index is -0.0145. The van der Waals surface area contributed by atoms with E-state index in [2.05, 4.69) is 9.97 Å². The van der Waals surface area contributed by atoms with Crippen molar-refractivity contribution in [1.29, 1.82) is 0 Å². The number of rotatable bonds is 2. The zero-order chi connectivity index (χ0) is 9.97. The van der Waals surface area contributed by atoms with Gasteiger partial charge in [0.25, 0.3) is 5.56 Å². The van der Waals surface area contributed by atoms with Crippen molar-refractivity contribution in [2.45, 2.75) is 31.4 Å². The van der Waals surface area contributed by atoms with E-state index in [1.807, 2.05) is 18.7 Å². The number of hydrogen-bond acceptors (Lipinski definition) is 3. The molecule has 0 spiro atoms. The molecule has 1 aliphatic heterocycles. The Morgan fingerprint density at radius 3 is 3.21 bits per heavy atom. The number of nitrogens with one attached hydrogen (secondary N) is 1. The van der Waals surface area contributed by atoms with Crippen molar-refractivity contribution in [1.82, 2.24) is 9.97 Å². The molecule has 0 amide bonds. The highest BCUT2D eigenvalue weighted by Gasteiger charge is 2.20. The van der Waals surface area contributed by atoms with Gasteiger partial charge in [-0.05, 0) is 25.0 Å². The van der Waals surface area contributed by atoms with Gasteiger partial charge in [0, 0.05) is 11.8 Å². The van der Waals surface area contributed by atoms with Crippen LogP contribution in [0.4, 0.5) is 0 Å². The third-order valence-corrected chi connectivity index (χ3v) is 3.80. The van der Waals surface area contributed by atoms with E-state index < -0.39 is 0 Å². The summed E-state index contributed by atoms with van der Waals surface area (Å²) in [4.78, 5) is 18.6. The van der Waals surface area contributed by atoms with Gasteiger partial charge in [0.15, 0.2) is 0 Å². The Hall–Kier alpha value is -0.770. The lowest BCUT2D eigenvalue weighted by Crippen LogP contribution is -2.13. The molecule has 0 aliphatic carbocycles. The fraction of sp³-hybridized carbons (Fsp3) is 0.600. The van der Waals surface area contributed by atoms with E-state index >= 15 is 0 Å². The molecule has 1 aromatic rings. The maximum Gasteiger partial charge on any atom is 0.251 e. The molecule has 1 aliphatic rings. The topological polar surface area (TPSA) is 45.8 Å². The van der Waals surface area contributed by atoms with Crippen molar-refractivity contribution in [3.05, 3.63) is 27.9 Å². The maximum atomic E-state index is 11.3. The smallest absolute Gasteiger partial charge is 0.251 e. The average Bonchev–Trinajstić information content (AvgIpc) is 2.69. The highest BCUT2D eigenvalue weighted by atomic mass is 32.2. The molecule has 1 saturated heterocycles. The van der Waals surface area contributed by atoms with Gasteiger partial charge in [-0.2, -0.15) is 11.8 Å². The summed E-state index contributed by atoms with van der Waals surface area (Å²) in [5, 5.41) is 0.411. The summed E-state index contributed by atoms with van der Waals surface area (Å²) in [6, 6.07) is 1.59. The highest BCUT2D eigenvalue weighted by molar-refractivity contribution is 7.99. The monoisotopic (exact) mass is 210 g/mol. The van der Waals surface area contributed by atoms with Crippen LogP contribution in [-0.4, -0.2) is 15.7 Å². The lowest BCUT2D eigenvalue weighted by atomic mass is 10.2. The molecule has 1 fully saturated rings. The standard InChI is InChI=1S/C10H14N2OS/c1-2-7-6-9(13)12-10(11-7)8-4-3-5-14-8/h6,8H,2-5H2,1H3,(H,11,12,13). The summed E-state index contributed by atoms with van der Waals surface area (Å²) in [5.74, 6) is 2.06. The van der Waals surface area contributed by atoms with Crippen LogP contribution in [-0.2, 0) is 6.42 Å². The first-order valence-electron chi connectivity index (χ1n) is 5.01. The van der Waals surface area contributed by atoms with Crippen molar-refractivity contribution < 1.29 is 0 Å². The van der Waals surface area contributed by atoms with E-state index in [9.17, 15) is 4.79 Å². The van der Waals surface area contributed by atoms with E-state index in [4.69, 9.17) is 0 Å². The van der Waals surface area contributed by atoms with E-state index in [0.29, 0.717) is 5.25 Å². The van der Waals surface area contributed by atoms with Crippen molar-refractivity contribution in [2.24, 2.45) is 0 Å². The second-order valence-corrected chi connectivity index (χ2v) is 4.79.